The standard InChI is InChI=1S/C16H15F3N4O4/c1-25-21-11-3-2-8-23(9-11)15(24)26-12-6-4-10(5-7-12)13-20-14(27-22-13)16(17,18)19/h4-7H,2-3,8-9H2,1H3/b21-11+. The quantitative estimate of drug-likeness (QED) is 0.754. The second kappa shape index (κ2) is 7.64. The van der Waals surface area contributed by atoms with Gasteiger partial charge < -0.3 is 19.0 Å². The number of piperidine rings is 1. The molecule has 0 atom stereocenters. The Morgan fingerprint density at radius 2 is 2.04 bits per heavy atom. The first kappa shape index (κ1) is 18.7. The summed E-state index contributed by atoms with van der Waals surface area (Å²) in [6.07, 6.45) is -3.77. The summed E-state index contributed by atoms with van der Waals surface area (Å²) in [4.78, 5) is 21.7. The van der Waals surface area contributed by atoms with E-state index in [0.717, 1.165) is 18.6 Å². The Labute approximate surface area is 151 Å². The van der Waals surface area contributed by atoms with Gasteiger partial charge in [0.2, 0.25) is 5.82 Å². The highest BCUT2D eigenvalue weighted by Gasteiger charge is 2.38. The number of nitrogens with zero attached hydrogens (tertiary/aromatic N) is 4. The van der Waals surface area contributed by atoms with Crippen LogP contribution >= 0.6 is 0 Å². The van der Waals surface area contributed by atoms with E-state index in [1.807, 2.05) is 0 Å². The molecule has 1 amide bonds. The van der Waals surface area contributed by atoms with Crippen LogP contribution in [-0.4, -0.2) is 47.0 Å². The summed E-state index contributed by atoms with van der Waals surface area (Å²) >= 11 is 0. The van der Waals surface area contributed by atoms with Crippen molar-refractivity contribution in [2.75, 3.05) is 20.2 Å². The summed E-state index contributed by atoms with van der Waals surface area (Å²) in [5.74, 6) is -1.40. The predicted octanol–water partition coefficient (Wildman–Crippen LogP) is 3.35. The predicted molar refractivity (Wildman–Crippen MR) is 86.0 cm³/mol. The van der Waals surface area contributed by atoms with Gasteiger partial charge in [0.15, 0.2) is 0 Å². The first-order valence-electron chi connectivity index (χ1n) is 7.94. The van der Waals surface area contributed by atoms with Crippen molar-refractivity contribution in [1.82, 2.24) is 15.0 Å². The lowest BCUT2D eigenvalue weighted by atomic mass is 10.1. The van der Waals surface area contributed by atoms with Gasteiger partial charge in [-0.05, 0) is 37.1 Å². The maximum atomic E-state index is 12.5. The molecule has 1 aliphatic rings. The Morgan fingerprint density at radius 1 is 1.30 bits per heavy atom. The Bertz CT molecular complexity index is 833. The molecule has 1 aliphatic heterocycles. The van der Waals surface area contributed by atoms with E-state index in [9.17, 15) is 18.0 Å². The van der Waals surface area contributed by atoms with Crippen molar-refractivity contribution >= 4 is 11.8 Å². The Morgan fingerprint density at radius 3 is 2.67 bits per heavy atom. The van der Waals surface area contributed by atoms with Gasteiger partial charge in [-0.25, -0.2) is 4.79 Å². The van der Waals surface area contributed by atoms with Crippen molar-refractivity contribution in [1.29, 1.82) is 0 Å². The van der Waals surface area contributed by atoms with Gasteiger partial charge in [0.1, 0.15) is 12.9 Å². The normalized spacial score (nSPS) is 16.4. The molecule has 1 aromatic carbocycles. The summed E-state index contributed by atoms with van der Waals surface area (Å²) in [6, 6.07) is 5.74. The molecular weight excluding hydrogens is 369 g/mol. The van der Waals surface area contributed by atoms with Crippen LogP contribution in [0.4, 0.5) is 18.0 Å². The fourth-order valence-corrected chi connectivity index (χ4v) is 2.51. The molecule has 0 saturated carbocycles. The summed E-state index contributed by atoms with van der Waals surface area (Å²) < 4.78 is 47.0. The van der Waals surface area contributed by atoms with E-state index in [1.165, 1.54) is 36.3 Å². The SMILES string of the molecule is CO/N=C1\CCCN(C(=O)Oc2ccc(-c3noc(C(F)(F)F)n3)cc2)C1. The van der Waals surface area contributed by atoms with Crippen molar-refractivity contribution in [2.45, 2.75) is 19.0 Å². The van der Waals surface area contributed by atoms with Gasteiger partial charge >= 0.3 is 18.2 Å². The van der Waals surface area contributed by atoms with E-state index in [2.05, 4.69) is 19.8 Å². The number of carbonyl (C=O) groups excluding carboxylic acids is 1. The Hall–Kier alpha value is -3.11. The number of carbonyl (C=O) groups is 1. The Kier molecular flexibility index (Phi) is 5.28. The van der Waals surface area contributed by atoms with Gasteiger partial charge in [0, 0.05) is 12.1 Å². The first-order chi connectivity index (χ1) is 12.9. The van der Waals surface area contributed by atoms with E-state index in [-0.39, 0.29) is 11.6 Å². The molecule has 0 bridgehead atoms. The lowest BCUT2D eigenvalue weighted by molar-refractivity contribution is -0.159. The largest absolute Gasteiger partial charge is 0.471 e. The third-order valence-electron chi connectivity index (χ3n) is 3.73. The molecule has 0 N–H and O–H groups in total. The third-order valence-corrected chi connectivity index (χ3v) is 3.73. The van der Waals surface area contributed by atoms with E-state index >= 15 is 0 Å². The minimum Gasteiger partial charge on any atom is -0.410 e. The molecule has 1 aromatic heterocycles. The number of halogens is 3. The number of aromatic nitrogens is 2. The van der Waals surface area contributed by atoms with E-state index in [1.54, 1.807) is 0 Å². The van der Waals surface area contributed by atoms with Crippen molar-refractivity contribution in [3.05, 3.63) is 30.2 Å². The molecule has 0 unspecified atom stereocenters. The van der Waals surface area contributed by atoms with Crippen molar-refractivity contribution < 1.29 is 32.1 Å². The smallest absolute Gasteiger partial charge is 0.410 e. The van der Waals surface area contributed by atoms with Crippen LogP contribution in [-0.2, 0) is 11.0 Å². The van der Waals surface area contributed by atoms with Crippen molar-refractivity contribution in [2.24, 2.45) is 5.16 Å². The molecule has 8 nitrogen and oxygen atoms in total. The van der Waals surface area contributed by atoms with Crippen LogP contribution in [0.5, 0.6) is 5.75 Å². The van der Waals surface area contributed by atoms with Crippen LogP contribution in [0.2, 0.25) is 0 Å². The van der Waals surface area contributed by atoms with E-state index in [0.29, 0.717) is 18.7 Å². The highest BCUT2D eigenvalue weighted by atomic mass is 19.4. The van der Waals surface area contributed by atoms with Gasteiger partial charge in [-0.15, -0.1) is 0 Å². The maximum absolute atomic E-state index is 12.5. The van der Waals surface area contributed by atoms with Gasteiger partial charge in [-0.2, -0.15) is 18.2 Å². The summed E-state index contributed by atoms with van der Waals surface area (Å²) in [5.41, 5.74) is 1.04. The van der Waals surface area contributed by atoms with Gasteiger partial charge in [0.05, 0.1) is 12.3 Å². The second-order valence-corrected chi connectivity index (χ2v) is 5.68. The molecule has 0 radical (unpaired) electrons. The molecule has 11 heteroatoms. The molecule has 0 spiro atoms. The number of rotatable bonds is 3. The third kappa shape index (κ3) is 4.54. The number of ether oxygens (including phenoxy) is 1. The molecule has 1 saturated heterocycles. The molecule has 3 rings (SSSR count). The zero-order valence-electron chi connectivity index (χ0n) is 14.2. The zero-order chi connectivity index (χ0) is 19.4. The van der Waals surface area contributed by atoms with Gasteiger partial charge in [-0.3, -0.25) is 0 Å². The molecule has 1 fully saturated rings. The van der Waals surface area contributed by atoms with Crippen LogP contribution in [0.15, 0.2) is 33.9 Å². The fraction of sp³-hybridized carbons (Fsp3) is 0.375. The molecule has 2 aromatic rings. The molecule has 144 valence electrons. The minimum absolute atomic E-state index is 0.211. The number of likely N-dealkylation sites (tertiary alicyclic amines) is 1. The molecule has 0 aliphatic carbocycles. The van der Waals surface area contributed by atoms with Gasteiger partial charge in [0.25, 0.3) is 0 Å². The number of hydrogen-bond donors (Lipinski definition) is 0. The highest BCUT2D eigenvalue weighted by molar-refractivity contribution is 5.89. The molecule has 2 heterocycles. The van der Waals surface area contributed by atoms with Crippen LogP contribution in [0.1, 0.15) is 18.7 Å². The van der Waals surface area contributed by atoms with Crippen LogP contribution in [0.25, 0.3) is 11.4 Å². The Balaban J connectivity index is 1.64. The lowest BCUT2D eigenvalue weighted by Crippen LogP contribution is -2.41. The highest BCUT2D eigenvalue weighted by Crippen LogP contribution is 2.29. The van der Waals surface area contributed by atoms with Crippen LogP contribution in [0.3, 0.4) is 0 Å². The first-order valence-corrected chi connectivity index (χ1v) is 7.94. The second-order valence-electron chi connectivity index (χ2n) is 5.68. The topological polar surface area (TPSA) is 90.0 Å². The van der Waals surface area contributed by atoms with Gasteiger partial charge in [-0.1, -0.05) is 10.3 Å². The minimum atomic E-state index is -4.71. The van der Waals surface area contributed by atoms with E-state index in [4.69, 9.17) is 9.57 Å². The lowest BCUT2D eigenvalue weighted by Gasteiger charge is -2.26. The molecular formula is C16H15F3N4O4. The summed E-state index contributed by atoms with van der Waals surface area (Å²) in [7, 11) is 1.44. The number of alkyl halides is 3. The zero-order valence-corrected chi connectivity index (χ0v) is 14.2. The van der Waals surface area contributed by atoms with Crippen LogP contribution < -0.4 is 4.74 Å². The maximum Gasteiger partial charge on any atom is 0.471 e. The number of benzene rings is 1. The number of oxime groups is 1. The van der Waals surface area contributed by atoms with Crippen molar-refractivity contribution in [3.63, 3.8) is 0 Å². The average Bonchev–Trinajstić information content (AvgIpc) is 3.13. The number of hydrogen-bond acceptors (Lipinski definition) is 7. The number of amides is 1. The van der Waals surface area contributed by atoms with E-state index < -0.39 is 18.2 Å². The molecule has 27 heavy (non-hydrogen) atoms. The monoisotopic (exact) mass is 384 g/mol. The average molecular weight is 384 g/mol. The fourth-order valence-electron chi connectivity index (χ4n) is 2.51. The van der Waals surface area contributed by atoms with Crippen molar-refractivity contribution in [3.8, 4) is 17.1 Å². The summed E-state index contributed by atoms with van der Waals surface area (Å²) in [5, 5.41) is 7.15. The van der Waals surface area contributed by atoms with Crippen LogP contribution in [0, 0.1) is 0 Å². The summed E-state index contributed by atoms with van der Waals surface area (Å²) in [6.45, 7) is 0.844.